The molecule has 0 aliphatic heterocycles. The van der Waals surface area contributed by atoms with Crippen LogP contribution >= 0.6 is 0 Å². The van der Waals surface area contributed by atoms with Crippen LogP contribution in [0.25, 0.3) is 0 Å². The molecule has 1 aliphatic carbocycles. The highest BCUT2D eigenvalue weighted by molar-refractivity contribution is 5.46. The highest BCUT2D eigenvalue weighted by Crippen LogP contribution is 2.31. The molecule has 1 heterocycles. The van der Waals surface area contributed by atoms with Crippen LogP contribution in [-0.2, 0) is 0 Å². The van der Waals surface area contributed by atoms with Gasteiger partial charge in [-0.3, -0.25) is 0 Å². The lowest BCUT2D eigenvalue weighted by atomic mass is 10.4. The van der Waals surface area contributed by atoms with Crippen molar-refractivity contribution < 1.29 is 4.39 Å². The van der Waals surface area contributed by atoms with E-state index in [2.05, 4.69) is 22.2 Å². The predicted octanol–water partition coefficient (Wildman–Crippen LogP) is 2.43. The summed E-state index contributed by atoms with van der Waals surface area (Å²) in [5.74, 6) is 0.617. The minimum Gasteiger partial charge on any atom is -0.354 e. The molecule has 0 radical (unpaired) electrons. The van der Waals surface area contributed by atoms with E-state index in [0.717, 1.165) is 32.4 Å². The molecule has 0 aromatic carbocycles. The predicted molar refractivity (Wildman–Crippen MR) is 66.8 cm³/mol. The van der Waals surface area contributed by atoms with Crippen LogP contribution in [-0.4, -0.2) is 29.1 Å². The summed E-state index contributed by atoms with van der Waals surface area (Å²) in [6, 6.07) is 0.462. The number of nitrogens with one attached hydrogen (secondary N) is 1. The summed E-state index contributed by atoms with van der Waals surface area (Å²) < 4.78 is 13.7. The summed E-state index contributed by atoms with van der Waals surface area (Å²) in [6.45, 7) is 5.69. The summed E-state index contributed by atoms with van der Waals surface area (Å²) in [6.07, 6.45) is 4.52. The van der Waals surface area contributed by atoms with Crippen LogP contribution in [0.4, 0.5) is 16.2 Å². The zero-order valence-electron chi connectivity index (χ0n) is 10.4. The van der Waals surface area contributed by atoms with Gasteiger partial charge in [0, 0.05) is 19.1 Å². The van der Waals surface area contributed by atoms with Crippen molar-refractivity contribution in [2.45, 2.75) is 39.2 Å². The number of hydrogen-bond donors (Lipinski definition) is 1. The van der Waals surface area contributed by atoms with Crippen LogP contribution in [0.15, 0.2) is 6.20 Å². The number of rotatable bonds is 6. The van der Waals surface area contributed by atoms with Gasteiger partial charge >= 0.3 is 0 Å². The van der Waals surface area contributed by atoms with Gasteiger partial charge in [-0.1, -0.05) is 6.92 Å². The van der Waals surface area contributed by atoms with E-state index >= 15 is 0 Å². The SMILES string of the molecule is CCCNc1ncc(F)c(N(CC)C2CC2)n1. The quantitative estimate of drug-likeness (QED) is 0.826. The average molecular weight is 238 g/mol. The topological polar surface area (TPSA) is 41.1 Å². The van der Waals surface area contributed by atoms with Gasteiger partial charge in [-0.15, -0.1) is 0 Å². The van der Waals surface area contributed by atoms with Crippen molar-refractivity contribution >= 4 is 11.8 Å². The molecule has 1 saturated carbocycles. The van der Waals surface area contributed by atoms with Gasteiger partial charge in [0.25, 0.3) is 0 Å². The zero-order valence-corrected chi connectivity index (χ0v) is 10.4. The molecule has 0 unspecified atom stereocenters. The Morgan fingerprint density at radius 1 is 1.47 bits per heavy atom. The summed E-state index contributed by atoms with van der Waals surface area (Å²) in [5, 5.41) is 3.08. The van der Waals surface area contributed by atoms with E-state index in [0.29, 0.717) is 17.8 Å². The Bertz CT molecular complexity index is 379. The van der Waals surface area contributed by atoms with Crippen LogP contribution in [0.5, 0.6) is 0 Å². The van der Waals surface area contributed by atoms with Crippen molar-refractivity contribution in [3.05, 3.63) is 12.0 Å². The standard InChI is InChI=1S/C12H19FN4/c1-3-7-14-12-15-8-10(13)11(16-12)17(4-2)9-5-6-9/h8-9H,3-7H2,1-2H3,(H,14,15,16). The number of nitrogens with zero attached hydrogens (tertiary/aromatic N) is 3. The Hall–Kier alpha value is -1.39. The fraction of sp³-hybridized carbons (Fsp3) is 0.667. The van der Waals surface area contributed by atoms with Crippen molar-refractivity contribution in [1.82, 2.24) is 9.97 Å². The average Bonchev–Trinajstić information content (AvgIpc) is 3.15. The van der Waals surface area contributed by atoms with Crippen LogP contribution in [0, 0.1) is 5.82 Å². The van der Waals surface area contributed by atoms with Gasteiger partial charge in [0.15, 0.2) is 11.6 Å². The summed E-state index contributed by atoms with van der Waals surface area (Å²) in [4.78, 5) is 10.2. The van der Waals surface area contributed by atoms with Crippen LogP contribution in [0.2, 0.25) is 0 Å². The van der Waals surface area contributed by atoms with Crippen LogP contribution < -0.4 is 10.2 Å². The molecule has 1 aliphatic rings. The lowest BCUT2D eigenvalue weighted by molar-refractivity contribution is 0.602. The molecule has 0 saturated heterocycles. The maximum Gasteiger partial charge on any atom is 0.224 e. The Morgan fingerprint density at radius 2 is 2.24 bits per heavy atom. The van der Waals surface area contributed by atoms with Crippen molar-refractivity contribution in [3.8, 4) is 0 Å². The molecule has 0 spiro atoms. The second-order valence-corrected chi connectivity index (χ2v) is 4.31. The summed E-state index contributed by atoms with van der Waals surface area (Å²) >= 11 is 0. The van der Waals surface area contributed by atoms with E-state index in [1.165, 1.54) is 6.20 Å². The first-order chi connectivity index (χ1) is 8.26. The summed E-state index contributed by atoms with van der Waals surface area (Å²) in [5.41, 5.74) is 0. The minimum atomic E-state index is -0.333. The van der Waals surface area contributed by atoms with Gasteiger partial charge in [-0.25, -0.2) is 9.37 Å². The van der Waals surface area contributed by atoms with E-state index < -0.39 is 0 Å². The van der Waals surface area contributed by atoms with E-state index in [-0.39, 0.29) is 5.82 Å². The fourth-order valence-electron chi connectivity index (χ4n) is 1.85. The maximum absolute atomic E-state index is 13.7. The van der Waals surface area contributed by atoms with Crippen LogP contribution in [0.3, 0.4) is 0 Å². The second kappa shape index (κ2) is 5.29. The molecule has 2 rings (SSSR count). The largest absolute Gasteiger partial charge is 0.354 e. The van der Waals surface area contributed by atoms with Gasteiger partial charge in [-0.05, 0) is 26.2 Å². The van der Waals surface area contributed by atoms with Gasteiger partial charge in [-0.2, -0.15) is 4.98 Å². The molecule has 0 bridgehead atoms. The van der Waals surface area contributed by atoms with Gasteiger partial charge in [0.2, 0.25) is 5.95 Å². The Morgan fingerprint density at radius 3 is 2.82 bits per heavy atom. The second-order valence-electron chi connectivity index (χ2n) is 4.31. The lowest BCUT2D eigenvalue weighted by Gasteiger charge is -2.22. The molecule has 1 N–H and O–H groups in total. The molecule has 5 heteroatoms. The van der Waals surface area contributed by atoms with E-state index in [1.807, 2.05) is 11.8 Å². The monoisotopic (exact) mass is 238 g/mol. The number of halogens is 1. The van der Waals surface area contributed by atoms with Crippen molar-refractivity contribution in [1.29, 1.82) is 0 Å². The van der Waals surface area contributed by atoms with E-state index in [4.69, 9.17) is 0 Å². The third-order valence-electron chi connectivity index (χ3n) is 2.86. The molecular formula is C12H19FN4. The lowest BCUT2D eigenvalue weighted by Crippen LogP contribution is -2.27. The molecule has 0 amide bonds. The highest BCUT2D eigenvalue weighted by Gasteiger charge is 2.30. The molecule has 1 aromatic heterocycles. The van der Waals surface area contributed by atoms with E-state index in [1.54, 1.807) is 0 Å². The van der Waals surface area contributed by atoms with Crippen molar-refractivity contribution in [2.75, 3.05) is 23.3 Å². The van der Waals surface area contributed by atoms with E-state index in [9.17, 15) is 4.39 Å². The normalized spacial score (nSPS) is 14.8. The Kier molecular flexibility index (Phi) is 3.76. The molecule has 1 fully saturated rings. The number of aromatic nitrogens is 2. The molecule has 17 heavy (non-hydrogen) atoms. The molecule has 94 valence electrons. The first-order valence-corrected chi connectivity index (χ1v) is 6.29. The first-order valence-electron chi connectivity index (χ1n) is 6.29. The molecule has 4 nitrogen and oxygen atoms in total. The van der Waals surface area contributed by atoms with Gasteiger partial charge < -0.3 is 10.2 Å². The van der Waals surface area contributed by atoms with Crippen molar-refractivity contribution in [3.63, 3.8) is 0 Å². The maximum atomic E-state index is 13.7. The number of hydrogen-bond acceptors (Lipinski definition) is 4. The van der Waals surface area contributed by atoms with Crippen LogP contribution in [0.1, 0.15) is 33.1 Å². The fourth-order valence-corrected chi connectivity index (χ4v) is 1.85. The van der Waals surface area contributed by atoms with Gasteiger partial charge in [0.05, 0.1) is 6.20 Å². The highest BCUT2D eigenvalue weighted by atomic mass is 19.1. The number of anilines is 2. The Labute approximate surface area is 101 Å². The molecule has 0 atom stereocenters. The van der Waals surface area contributed by atoms with Crippen molar-refractivity contribution in [2.24, 2.45) is 0 Å². The third-order valence-corrected chi connectivity index (χ3v) is 2.86. The first kappa shape index (κ1) is 12.1. The molecule has 1 aromatic rings. The zero-order chi connectivity index (χ0) is 12.3. The smallest absolute Gasteiger partial charge is 0.224 e. The Balaban J connectivity index is 2.18. The third kappa shape index (κ3) is 2.84. The summed E-state index contributed by atoms with van der Waals surface area (Å²) in [7, 11) is 0. The molecular weight excluding hydrogens is 219 g/mol. The minimum absolute atomic E-state index is 0.333. The van der Waals surface area contributed by atoms with Gasteiger partial charge in [0.1, 0.15) is 0 Å².